The topological polar surface area (TPSA) is 65.0 Å². The second kappa shape index (κ2) is 7.27. The minimum absolute atomic E-state index is 0.186. The highest BCUT2D eigenvalue weighted by molar-refractivity contribution is 7.99. The van der Waals surface area contributed by atoms with E-state index in [-0.39, 0.29) is 16.4 Å². The number of aromatic amines is 1. The highest BCUT2D eigenvalue weighted by atomic mass is 35.5. The van der Waals surface area contributed by atoms with Gasteiger partial charge in [0, 0.05) is 29.2 Å². The average Bonchev–Trinajstić information content (AvgIpc) is 3.22. The Morgan fingerprint density at radius 3 is 2.81 bits per heavy atom. The molecule has 1 unspecified atom stereocenters. The molecule has 1 aliphatic rings. The first-order valence-electron chi connectivity index (χ1n) is 8.47. The van der Waals surface area contributed by atoms with Crippen LogP contribution in [0.3, 0.4) is 0 Å². The summed E-state index contributed by atoms with van der Waals surface area (Å²) >= 11 is 13.8. The number of thioether (sulfide) groups is 1. The maximum atomic E-state index is 9.93. The molecular formula is C18H18Cl2N4OS. The van der Waals surface area contributed by atoms with Crippen molar-refractivity contribution in [3.63, 3.8) is 0 Å². The van der Waals surface area contributed by atoms with Crippen LogP contribution in [0.5, 0.6) is 0 Å². The fourth-order valence-electron chi connectivity index (χ4n) is 3.27. The van der Waals surface area contributed by atoms with E-state index in [1.165, 1.54) is 4.90 Å². The zero-order chi connectivity index (χ0) is 18.3. The number of H-pyrrole nitrogens is 1. The summed E-state index contributed by atoms with van der Waals surface area (Å²) in [6.45, 7) is 3.61. The molecule has 0 aliphatic carbocycles. The molecule has 2 aromatic heterocycles. The van der Waals surface area contributed by atoms with E-state index in [4.69, 9.17) is 23.2 Å². The lowest BCUT2D eigenvalue weighted by Gasteiger charge is -2.22. The summed E-state index contributed by atoms with van der Waals surface area (Å²) in [4.78, 5) is 15.3. The summed E-state index contributed by atoms with van der Waals surface area (Å²) in [5.41, 5.74) is 4.34. The van der Waals surface area contributed by atoms with Gasteiger partial charge < -0.3 is 15.0 Å². The highest BCUT2D eigenvalue weighted by Gasteiger charge is 2.24. The summed E-state index contributed by atoms with van der Waals surface area (Å²) in [5, 5.41) is 10.3. The molecule has 0 bridgehead atoms. The molecule has 1 atom stereocenters. The second-order valence-electron chi connectivity index (χ2n) is 6.22. The molecular weight excluding hydrogens is 391 g/mol. The second-order valence-corrected chi connectivity index (χ2v) is 8.28. The van der Waals surface area contributed by atoms with Gasteiger partial charge in [0.25, 0.3) is 0 Å². The van der Waals surface area contributed by atoms with E-state index < -0.39 is 0 Å². The number of aliphatic hydroxyl groups is 1. The Labute approximate surface area is 165 Å². The number of anilines is 1. The van der Waals surface area contributed by atoms with E-state index in [9.17, 15) is 5.11 Å². The van der Waals surface area contributed by atoms with E-state index in [1.807, 2.05) is 6.07 Å². The molecule has 2 N–H and O–H groups in total. The van der Waals surface area contributed by atoms with E-state index in [0.29, 0.717) is 17.7 Å². The normalized spacial score (nSPS) is 17.4. The molecule has 0 saturated carbocycles. The van der Waals surface area contributed by atoms with Gasteiger partial charge in [0.15, 0.2) is 16.0 Å². The molecule has 136 valence electrons. The standard InChI is InChI=1S/C18H18Cl2N4OS/c1-2-26-11-3-4-15(24-6-5-10(25)9-24)12(7-11)13-8-14-18(22-13)23-17(20)16(19)21-14/h3-4,7-8,10,25H,2,5-6,9H2,1H3,(H,22,23). The molecule has 0 spiro atoms. The number of nitrogens with one attached hydrogen (secondary N) is 1. The highest BCUT2D eigenvalue weighted by Crippen LogP contribution is 2.37. The number of fused-ring (bicyclic) bond motifs is 1. The molecule has 5 nitrogen and oxygen atoms in total. The zero-order valence-electron chi connectivity index (χ0n) is 14.2. The van der Waals surface area contributed by atoms with Crippen LogP contribution in [-0.4, -0.2) is 45.0 Å². The number of hydrogen-bond donors (Lipinski definition) is 2. The SMILES string of the molecule is CCSc1ccc(N2CCC(O)C2)c(-c2cc3nc(Cl)c(Cl)nc3[nH]2)c1. The van der Waals surface area contributed by atoms with Gasteiger partial charge in [-0.2, -0.15) is 0 Å². The number of aliphatic hydroxyl groups excluding tert-OH is 1. The molecule has 0 amide bonds. The monoisotopic (exact) mass is 408 g/mol. The Bertz CT molecular complexity index is 923. The van der Waals surface area contributed by atoms with Crippen molar-refractivity contribution in [1.29, 1.82) is 0 Å². The van der Waals surface area contributed by atoms with Crippen LogP contribution in [0.4, 0.5) is 5.69 Å². The predicted molar refractivity (Wildman–Crippen MR) is 109 cm³/mol. The third-order valence-electron chi connectivity index (χ3n) is 4.45. The van der Waals surface area contributed by atoms with Crippen LogP contribution in [0.1, 0.15) is 13.3 Å². The van der Waals surface area contributed by atoms with Gasteiger partial charge in [-0.05, 0) is 36.4 Å². The van der Waals surface area contributed by atoms with Crippen LogP contribution in [0, 0.1) is 0 Å². The Morgan fingerprint density at radius 2 is 2.08 bits per heavy atom. The van der Waals surface area contributed by atoms with Crippen molar-refractivity contribution in [2.75, 3.05) is 23.7 Å². The Morgan fingerprint density at radius 1 is 1.27 bits per heavy atom. The summed E-state index contributed by atoms with van der Waals surface area (Å²) in [6, 6.07) is 8.36. The van der Waals surface area contributed by atoms with Crippen molar-refractivity contribution in [3.05, 3.63) is 34.6 Å². The number of benzene rings is 1. The van der Waals surface area contributed by atoms with Gasteiger partial charge in [0.1, 0.15) is 5.52 Å². The zero-order valence-corrected chi connectivity index (χ0v) is 16.5. The van der Waals surface area contributed by atoms with Gasteiger partial charge in [0.05, 0.1) is 11.8 Å². The van der Waals surface area contributed by atoms with Gasteiger partial charge in [-0.15, -0.1) is 11.8 Å². The third-order valence-corrected chi connectivity index (χ3v) is 5.95. The maximum Gasteiger partial charge on any atom is 0.168 e. The number of nitrogens with zero attached hydrogens (tertiary/aromatic N) is 3. The number of rotatable bonds is 4. The van der Waals surface area contributed by atoms with E-state index in [2.05, 4.69) is 45.0 Å². The largest absolute Gasteiger partial charge is 0.391 e. The summed E-state index contributed by atoms with van der Waals surface area (Å²) in [5.74, 6) is 1.00. The first kappa shape index (κ1) is 17.9. The Hall–Kier alpha value is -1.47. The number of aromatic nitrogens is 3. The number of β-amino-alcohol motifs (C(OH)–C–C–N with tert-alkyl or cyclic N) is 1. The summed E-state index contributed by atoms with van der Waals surface area (Å²) in [7, 11) is 0. The van der Waals surface area contributed by atoms with E-state index in [1.54, 1.807) is 11.8 Å². The molecule has 3 aromatic rings. The van der Waals surface area contributed by atoms with Crippen molar-refractivity contribution in [3.8, 4) is 11.3 Å². The third kappa shape index (κ3) is 3.39. The smallest absolute Gasteiger partial charge is 0.168 e. The lowest BCUT2D eigenvalue weighted by molar-refractivity contribution is 0.198. The minimum atomic E-state index is -0.281. The Kier molecular flexibility index (Phi) is 5.01. The first-order valence-corrected chi connectivity index (χ1v) is 10.2. The molecule has 1 saturated heterocycles. The first-order chi connectivity index (χ1) is 12.5. The van der Waals surface area contributed by atoms with Crippen LogP contribution in [0.25, 0.3) is 22.4 Å². The summed E-state index contributed by atoms with van der Waals surface area (Å²) in [6.07, 6.45) is 0.502. The fourth-order valence-corrected chi connectivity index (χ4v) is 4.23. The molecule has 4 rings (SSSR count). The minimum Gasteiger partial charge on any atom is -0.391 e. The summed E-state index contributed by atoms with van der Waals surface area (Å²) < 4.78 is 0. The van der Waals surface area contributed by atoms with Crippen LogP contribution in [0.15, 0.2) is 29.2 Å². The van der Waals surface area contributed by atoms with Crippen molar-refractivity contribution < 1.29 is 5.11 Å². The van der Waals surface area contributed by atoms with Crippen molar-refractivity contribution >= 4 is 51.8 Å². The average molecular weight is 409 g/mol. The predicted octanol–water partition coefficient (Wildman–Crippen LogP) is 4.61. The maximum absolute atomic E-state index is 9.93. The fraction of sp³-hybridized carbons (Fsp3) is 0.333. The van der Waals surface area contributed by atoms with Gasteiger partial charge >= 0.3 is 0 Å². The van der Waals surface area contributed by atoms with Gasteiger partial charge in [0.2, 0.25) is 0 Å². The molecule has 1 aliphatic heterocycles. The number of halogens is 2. The molecule has 1 aromatic carbocycles. The quantitative estimate of drug-likeness (QED) is 0.616. The van der Waals surface area contributed by atoms with Gasteiger partial charge in [-0.1, -0.05) is 30.1 Å². The van der Waals surface area contributed by atoms with Crippen molar-refractivity contribution in [1.82, 2.24) is 15.0 Å². The van der Waals surface area contributed by atoms with Crippen molar-refractivity contribution in [2.24, 2.45) is 0 Å². The van der Waals surface area contributed by atoms with Crippen LogP contribution >= 0.6 is 35.0 Å². The van der Waals surface area contributed by atoms with Crippen molar-refractivity contribution in [2.45, 2.75) is 24.3 Å². The lowest BCUT2D eigenvalue weighted by atomic mass is 10.1. The van der Waals surface area contributed by atoms with Crippen LogP contribution < -0.4 is 4.90 Å². The van der Waals surface area contributed by atoms with Gasteiger partial charge in [-0.3, -0.25) is 0 Å². The Balaban J connectivity index is 1.83. The van der Waals surface area contributed by atoms with E-state index in [0.717, 1.165) is 35.7 Å². The molecule has 3 heterocycles. The molecule has 0 radical (unpaired) electrons. The van der Waals surface area contributed by atoms with Crippen LogP contribution in [-0.2, 0) is 0 Å². The molecule has 26 heavy (non-hydrogen) atoms. The lowest BCUT2D eigenvalue weighted by Crippen LogP contribution is -2.21. The van der Waals surface area contributed by atoms with E-state index >= 15 is 0 Å². The molecule has 1 fully saturated rings. The van der Waals surface area contributed by atoms with Crippen LogP contribution in [0.2, 0.25) is 10.3 Å². The molecule has 8 heteroatoms. The number of hydrogen-bond acceptors (Lipinski definition) is 5. The van der Waals surface area contributed by atoms with Gasteiger partial charge in [-0.25, -0.2) is 9.97 Å².